The molecular formula is C23H30N2O4. The van der Waals surface area contributed by atoms with Crippen LogP contribution in [0.3, 0.4) is 0 Å². The zero-order valence-corrected chi connectivity index (χ0v) is 17.4. The number of amides is 3. The minimum absolute atomic E-state index is 0.0142. The number of esters is 1. The number of nitrogens with one attached hydrogen (secondary N) is 1. The topological polar surface area (TPSA) is 98.5 Å². The van der Waals surface area contributed by atoms with Crippen molar-refractivity contribution in [1.29, 1.82) is 0 Å². The highest BCUT2D eigenvalue weighted by Crippen LogP contribution is 2.66. The van der Waals surface area contributed by atoms with E-state index in [1.807, 2.05) is 5.32 Å². The molecule has 3 amide bonds. The van der Waals surface area contributed by atoms with Crippen molar-refractivity contribution in [2.75, 3.05) is 0 Å². The predicted octanol–water partition coefficient (Wildman–Crippen LogP) is 3.27. The molecule has 156 valence electrons. The number of primary amides is 1. The Morgan fingerprint density at radius 2 is 1.76 bits per heavy atom. The third kappa shape index (κ3) is 3.43. The SMILES string of the molecule is Cc1ccc(C23CC4CC(CC(C(=O)OC(C)C(=O)NC(N)=O)(C4)C2)C3)cc1C. The van der Waals surface area contributed by atoms with Crippen LogP contribution in [0.25, 0.3) is 0 Å². The van der Waals surface area contributed by atoms with Gasteiger partial charge in [-0.1, -0.05) is 18.2 Å². The molecule has 3 N–H and O–H groups in total. The number of aryl methyl sites for hydroxylation is 2. The smallest absolute Gasteiger partial charge is 0.318 e. The van der Waals surface area contributed by atoms with E-state index in [1.165, 1.54) is 30.0 Å². The Morgan fingerprint density at radius 1 is 1.10 bits per heavy atom. The van der Waals surface area contributed by atoms with E-state index in [0.717, 1.165) is 32.1 Å². The van der Waals surface area contributed by atoms with Crippen molar-refractivity contribution in [3.8, 4) is 0 Å². The summed E-state index contributed by atoms with van der Waals surface area (Å²) in [6.45, 7) is 5.74. The molecule has 6 heteroatoms. The van der Waals surface area contributed by atoms with Gasteiger partial charge in [0.05, 0.1) is 5.41 Å². The van der Waals surface area contributed by atoms with E-state index in [4.69, 9.17) is 10.5 Å². The summed E-state index contributed by atoms with van der Waals surface area (Å²) in [6, 6.07) is 5.77. The maximum absolute atomic E-state index is 13.3. The summed E-state index contributed by atoms with van der Waals surface area (Å²) in [4.78, 5) is 36.2. The van der Waals surface area contributed by atoms with Gasteiger partial charge in [-0.2, -0.15) is 0 Å². The standard InChI is InChI=1S/C23H30N2O4/c1-13-4-5-18(6-14(13)2)22-8-16-7-17(9-22)11-23(10-16,12-22)20(27)29-15(3)19(26)25-21(24)28/h4-6,15-17H,7-12H2,1-3H3,(H3,24,25,26,28). The van der Waals surface area contributed by atoms with Crippen molar-refractivity contribution in [2.45, 2.75) is 70.8 Å². The average molecular weight is 399 g/mol. The molecule has 4 aliphatic carbocycles. The highest BCUT2D eigenvalue weighted by molar-refractivity contribution is 5.96. The second kappa shape index (κ2) is 6.85. The van der Waals surface area contributed by atoms with Gasteiger partial charge >= 0.3 is 12.0 Å². The van der Waals surface area contributed by atoms with Crippen LogP contribution < -0.4 is 11.1 Å². The van der Waals surface area contributed by atoms with Crippen LogP contribution in [-0.4, -0.2) is 24.0 Å². The van der Waals surface area contributed by atoms with Gasteiger partial charge in [0.15, 0.2) is 6.10 Å². The van der Waals surface area contributed by atoms with Gasteiger partial charge in [0.2, 0.25) is 0 Å². The number of hydrogen-bond donors (Lipinski definition) is 2. The second-order valence-corrected chi connectivity index (χ2v) is 9.72. The molecule has 0 saturated heterocycles. The average Bonchev–Trinajstić information content (AvgIpc) is 2.62. The lowest BCUT2D eigenvalue weighted by atomic mass is 9.43. The maximum Gasteiger partial charge on any atom is 0.318 e. The number of carbonyl (C=O) groups excluding carboxylic acids is 3. The quantitative estimate of drug-likeness (QED) is 0.761. The fraction of sp³-hybridized carbons (Fsp3) is 0.609. The van der Waals surface area contributed by atoms with Crippen molar-refractivity contribution in [1.82, 2.24) is 5.32 Å². The summed E-state index contributed by atoms with van der Waals surface area (Å²) in [5.41, 5.74) is 8.38. The zero-order chi connectivity index (χ0) is 21.0. The molecule has 0 spiro atoms. The van der Waals surface area contributed by atoms with Gasteiger partial charge in [-0.05, 0) is 93.2 Å². The monoisotopic (exact) mass is 398 g/mol. The van der Waals surface area contributed by atoms with E-state index in [-0.39, 0.29) is 11.4 Å². The van der Waals surface area contributed by atoms with Crippen LogP contribution in [0, 0.1) is 31.1 Å². The molecule has 1 aromatic rings. The molecule has 5 rings (SSSR count). The lowest BCUT2D eigenvalue weighted by Crippen LogP contribution is -2.57. The maximum atomic E-state index is 13.3. The van der Waals surface area contributed by atoms with Crippen molar-refractivity contribution in [3.63, 3.8) is 0 Å². The van der Waals surface area contributed by atoms with E-state index in [1.54, 1.807) is 0 Å². The first-order valence-electron chi connectivity index (χ1n) is 10.5. The molecule has 4 aliphatic rings. The minimum atomic E-state index is -1.04. The Hall–Kier alpha value is -2.37. The van der Waals surface area contributed by atoms with E-state index in [0.29, 0.717) is 11.8 Å². The van der Waals surface area contributed by atoms with Crippen LogP contribution >= 0.6 is 0 Å². The molecule has 3 atom stereocenters. The van der Waals surface area contributed by atoms with Gasteiger partial charge in [-0.15, -0.1) is 0 Å². The Balaban J connectivity index is 1.59. The third-order valence-electron chi connectivity index (χ3n) is 7.51. The second-order valence-electron chi connectivity index (χ2n) is 9.72. The van der Waals surface area contributed by atoms with Gasteiger partial charge in [-0.3, -0.25) is 14.9 Å². The van der Waals surface area contributed by atoms with Gasteiger partial charge in [0.1, 0.15) is 0 Å². The molecule has 0 radical (unpaired) electrons. The largest absolute Gasteiger partial charge is 0.452 e. The number of urea groups is 1. The van der Waals surface area contributed by atoms with Gasteiger partial charge in [0, 0.05) is 0 Å². The number of hydrogen-bond acceptors (Lipinski definition) is 4. The Morgan fingerprint density at radius 3 is 2.34 bits per heavy atom. The summed E-state index contributed by atoms with van der Waals surface area (Å²) in [5.74, 6) is 0.0479. The Bertz CT molecular complexity index is 864. The molecule has 3 unspecified atom stereocenters. The summed E-state index contributed by atoms with van der Waals surface area (Å²) in [5, 5.41) is 1.99. The summed E-state index contributed by atoms with van der Waals surface area (Å²) in [7, 11) is 0. The number of rotatable bonds is 4. The summed E-state index contributed by atoms with van der Waals surface area (Å²) < 4.78 is 5.56. The first-order chi connectivity index (χ1) is 13.6. The fourth-order valence-electron chi connectivity index (χ4n) is 6.47. The highest BCUT2D eigenvalue weighted by atomic mass is 16.5. The van der Waals surface area contributed by atoms with Crippen molar-refractivity contribution >= 4 is 17.9 Å². The molecule has 4 saturated carbocycles. The molecule has 4 bridgehead atoms. The van der Waals surface area contributed by atoms with Gasteiger partial charge in [0.25, 0.3) is 5.91 Å². The molecule has 4 fully saturated rings. The van der Waals surface area contributed by atoms with Crippen LogP contribution in [0.15, 0.2) is 18.2 Å². The van der Waals surface area contributed by atoms with E-state index in [9.17, 15) is 14.4 Å². The van der Waals surface area contributed by atoms with Crippen LogP contribution in [0.1, 0.15) is 62.1 Å². The Labute approximate surface area is 171 Å². The summed E-state index contributed by atoms with van der Waals surface area (Å²) in [6.07, 6.45) is 4.83. The molecule has 0 aliphatic heterocycles. The molecule has 0 aromatic heterocycles. The van der Waals surface area contributed by atoms with Crippen LogP contribution in [0.4, 0.5) is 4.79 Å². The highest BCUT2D eigenvalue weighted by Gasteiger charge is 2.61. The number of imide groups is 1. The Kier molecular flexibility index (Phi) is 4.71. The first kappa shape index (κ1) is 19.9. The predicted molar refractivity (Wildman–Crippen MR) is 108 cm³/mol. The van der Waals surface area contributed by atoms with Crippen LogP contribution in [0.2, 0.25) is 0 Å². The van der Waals surface area contributed by atoms with E-state index in [2.05, 4.69) is 32.0 Å². The minimum Gasteiger partial charge on any atom is -0.452 e. The molecule has 1 aromatic carbocycles. The van der Waals surface area contributed by atoms with Crippen LogP contribution in [-0.2, 0) is 19.7 Å². The molecule has 29 heavy (non-hydrogen) atoms. The molecular weight excluding hydrogens is 368 g/mol. The zero-order valence-electron chi connectivity index (χ0n) is 17.4. The van der Waals surface area contributed by atoms with Gasteiger partial charge < -0.3 is 10.5 Å². The van der Waals surface area contributed by atoms with Crippen LogP contribution in [0.5, 0.6) is 0 Å². The molecule has 6 nitrogen and oxygen atoms in total. The number of carbonyl (C=O) groups is 3. The van der Waals surface area contributed by atoms with Crippen molar-refractivity contribution in [2.24, 2.45) is 23.0 Å². The fourth-order valence-corrected chi connectivity index (χ4v) is 6.47. The normalized spacial score (nSPS) is 33.2. The number of ether oxygens (including phenoxy) is 1. The molecule has 0 heterocycles. The lowest BCUT2D eigenvalue weighted by Gasteiger charge is -2.61. The van der Waals surface area contributed by atoms with Crippen molar-refractivity contribution < 1.29 is 19.1 Å². The van der Waals surface area contributed by atoms with Crippen molar-refractivity contribution in [3.05, 3.63) is 34.9 Å². The van der Waals surface area contributed by atoms with Gasteiger partial charge in [-0.25, -0.2) is 4.79 Å². The van der Waals surface area contributed by atoms with E-state index >= 15 is 0 Å². The number of benzene rings is 1. The third-order valence-corrected chi connectivity index (χ3v) is 7.51. The number of nitrogens with two attached hydrogens (primary N) is 1. The lowest BCUT2D eigenvalue weighted by molar-refractivity contribution is -0.180. The first-order valence-corrected chi connectivity index (χ1v) is 10.5. The van der Waals surface area contributed by atoms with E-state index < -0.39 is 23.5 Å². The summed E-state index contributed by atoms with van der Waals surface area (Å²) >= 11 is 0.